The van der Waals surface area contributed by atoms with Crippen LogP contribution in [0, 0.1) is 21.4 Å². The number of nitrogens with one attached hydrogen (secondary N) is 1. The first-order valence-electron chi connectivity index (χ1n) is 7.83. The SMILES string of the molecule is CCOc1ccc(C(=O)OCC(=O)Nc2ccc([N+](=O)[O-])cc2C#N)cc1. The summed E-state index contributed by atoms with van der Waals surface area (Å²) in [6, 6.07) is 11.4. The van der Waals surface area contributed by atoms with E-state index in [1.165, 1.54) is 18.2 Å². The summed E-state index contributed by atoms with van der Waals surface area (Å²) in [6.07, 6.45) is 0. The molecule has 2 rings (SSSR count). The molecule has 9 heteroatoms. The van der Waals surface area contributed by atoms with Crippen molar-refractivity contribution in [2.45, 2.75) is 6.92 Å². The molecule has 0 unspecified atom stereocenters. The highest BCUT2D eigenvalue weighted by atomic mass is 16.6. The third-order valence-electron chi connectivity index (χ3n) is 3.34. The van der Waals surface area contributed by atoms with Crippen LogP contribution in [0.15, 0.2) is 42.5 Å². The number of anilines is 1. The van der Waals surface area contributed by atoms with Crippen LogP contribution >= 0.6 is 0 Å². The molecule has 0 aromatic heterocycles. The number of nitro groups is 1. The van der Waals surface area contributed by atoms with Gasteiger partial charge >= 0.3 is 5.97 Å². The molecule has 2 aromatic carbocycles. The van der Waals surface area contributed by atoms with Crippen LogP contribution < -0.4 is 10.1 Å². The highest BCUT2D eigenvalue weighted by molar-refractivity contribution is 5.96. The Labute approximate surface area is 154 Å². The van der Waals surface area contributed by atoms with Gasteiger partial charge in [0.05, 0.1) is 28.3 Å². The molecule has 27 heavy (non-hydrogen) atoms. The highest BCUT2D eigenvalue weighted by Crippen LogP contribution is 2.21. The Morgan fingerprint density at radius 3 is 2.52 bits per heavy atom. The average molecular weight is 369 g/mol. The number of ether oxygens (including phenoxy) is 2. The van der Waals surface area contributed by atoms with Crippen molar-refractivity contribution in [3.63, 3.8) is 0 Å². The maximum atomic E-state index is 11.9. The summed E-state index contributed by atoms with van der Waals surface area (Å²) >= 11 is 0. The first kappa shape index (κ1) is 19.4. The third kappa shape index (κ3) is 5.27. The molecular formula is C18H15N3O6. The number of nitro benzene ring substituents is 1. The predicted molar refractivity (Wildman–Crippen MR) is 94.3 cm³/mol. The zero-order valence-electron chi connectivity index (χ0n) is 14.3. The van der Waals surface area contributed by atoms with Crippen molar-refractivity contribution < 1.29 is 24.0 Å². The molecule has 0 spiro atoms. The Balaban J connectivity index is 1.95. The Kier molecular flexibility index (Phi) is 6.44. The van der Waals surface area contributed by atoms with Crippen molar-refractivity contribution in [2.24, 2.45) is 0 Å². The molecule has 0 saturated carbocycles. The minimum absolute atomic E-state index is 0.0737. The number of benzene rings is 2. The second-order valence-electron chi connectivity index (χ2n) is 5.18. The van der Waals surface area contributed by atoms with E-state index in [2.05, 4.69) is 5.32 Å². The molecule has 0 bridgehead atoms. The number of hydrogen-bond donors (Lipinski definition) is 1. The quantitative estimate of drug-likeness (QED) is 0.451. The van der Waals surface area contributed by atoms with E-state index < -0.39 is 23.4 Å². The standard InChI is InChI=1S/C18H15N3O6/c1-2-26-15-6-3-12(4-7-15)18(23)27-11-17(22)20-16-8-5-14(21(24)25)9-13(16)10-19/h3-9H,2,11H2,1H3,(H,20,22). The lowest BCUT2D eigenvalue weighted by atomic mass is 10.1. The second-order valence-corrected chi connectivity index (χ2v) is 5.18. The molecule has 0 fully saturated rings. The molecule has 0 heterocycles. The van der Waals surface area contributed by atoms with Crippen molar-refractivity contribution in [3.8, 4) is 11.8 Å². The van der Waals surface area contributed by atoms with Gasteiger partial charge in [-0.25, -0.2) is 4.79 Å². The largest absolute Gasteiger partial charge is 0.494 e. The number of carbonyl (C=O) groups excluding carboxylic acids is 2. The van der Waals surface area contributed by atoms with E-state index in [-0.39, 0.29) is 22.5 Å². The first-order valence-corrected chi connectivity index (χ1v) is 7.83. The van der Waals surface area contributed by atoms with Crippen molar-refractivity contribution in [3.05, 3.63) is 63.7 Å². The van der Waals surface area contributed by atoms with E-state index >= 15 is 0 Å². The van der Waals surface area contributed by atoms with E-state index in [1.807, 2.05) is 6.92 Å². The van der Waals surface area contributed by atoms with Gasteiger partial charge in [-0.3, -0.25) is 14.9 Å². The van der Waals surface area contributed by atoms with Gasteiger partial charge in [-0.2, -0.15) is 5.26 Å². The number of nitriles is 1. The van der Waals surface area contributed by atoms with Crippen molar-refractivity contribution >= 4 is 23.3 Å². The van der Waals surface area contributed by atoms with Crippen molar-refractivity contribution in [1.82, 2.24) is 0 Å². The van der Waals surface area contributed by atoms with Crippen LogP contribution in [0.2, 0.25) is 0 Å². The zero-order chi connectivity index (χ0) is 19.8. The molecule has 1 amide bonds. The second kappa shape index (κ2) is 8.96. The van der Waals surface area contributed by atoms with Crippen LogP contribution in [0.4, 0.5) is 11.4 Å². The fourth-order valence-corrected chi connectivity index (χ4v) is 2.10. The smallest absolute Gasteiger partial charge is 0.338 e. The lowest BCUT2D eigenvalue weighted by Gasteiger charge is -2.08. The molecule has 0 atom stereocenters. The van der Waals surface area contributed by atoms with E-state index in [9.17, 15) is 19.7 Å². The molecule has 0 aliphatic rings. The van der Waals surface area contributed by atoms with Gasteiger partial charge in [-0.15, -0.1) is 0 Å². The summed E-state index contributed by atoms with van der Waals surface area (Å²) in [4.78, 5) is 33.9. The molecule has 0 aliphatic heterocycles. The third-order valence-corrected chi connectivity index (χ3v) is 3.34. The van der Waals surface area contributed by atoms with E-state index in [4.69, 9.17) is 14.7 Å². The summed E-state index contributed by atoms with van der Waals surface area (Å²) < 4.78 is 10.2. The highest BCUT2D eigenvalue weighted by Gasteiger charge is 2.14. The van der Waals surface area contributed by atoms with Gasteiger partial charge in [0.25, 0.3) is 11.6 Å². The number of nitrogens with zero attached hydrogens (tertiary/aromatic N) is 2. The maximum absolute atomic E-state index is 11.9. The topological polar surface area (TPSA) is 132 Å². The van der Waals surface area contributed by atoms with Crippen molar-refractivity contribution in [1.29, 1.82) is 5.26 Å². The zero-order valence-corrected chi connectivity index (χ0v) is 14.3. The van der Waals surface area contributed by atoms with Gasteiger partial charge < -0.3 is 14.8 Å². The fraction of sp³-hybridized carbons (Fsp3) is 0.167. The minimum atomic E-state index is -0.697. The monoisotopic (exact) mass is 369 g/mol. The summed E-state index contributed by atoms with van der Waals surface area (Å²) in [7, 11) is 0. The van der Waals surface area contributed by atoms with E-state index in [1.54, 1.807) is 18.2 Å². The Bertz CT molecular complexity index is 902. The number of amides is 1. The normalized spacial score (nSPS) is 9.78. The average Bonchev–Trinajstić information content (AvgIpc) is 2.67. The predicted octanol–water partition coefficient (Wildman–Crippen LogP) is 2.66. The fourth-order valence-electron chi connectivity index (χ4n) is 2.10. The van der Waals surface area contributed by atoms with Crippen LogP contribution in [0.5, 0.6) is 5.75 Å². The molecule has 2 aromatic rings. The molecule has 0 radical (unpaired) electrons. The van der Waals surface area contributed by atoms with Gasteiger partial charge in [-0.1, -0.05) is 0 Å². The van der Waals surface area contributed by atoms with Gasteiger partial charge in [0.15, 0.2) is 6.61 Å². The molecule has 0 aliphatic carbocycles. The number of non-ortho nitro benzene ring substituents is 1. The lowest BCUT2D eigenvalue weighted by Crippen LogP contribution is -2.21. The maximum Gasteiger partial charge on any atom is 0.338 e. The number of carbonyl (C=O) groups is 2. The number of rotatable bonds is 7. The Hall–Kier alpha value is -3.93. The summed E-state index contributed by atoms with van der Waals surface area (Å²) in [5.41, 5.74) is -0.00798. The molecule has 138 valence electrons. The minimum Gasteiger partial charge on any atom is -0.494 e. The molecule has 0 saturated heterocycles. The summed E-state index contributed by atoms with van der Waals surface area (Å²) in [6.45, 7) is 1.76. The Morgan fingerprint density at radius 1 is 1.22 bits per heavy atom. The first-order chi connectivity index (χ1) is 12.9. The van der Waals surface area contributed by atoms with Crippen LogP contribution in [0.3, 0.4) is 0 Å². The van der Waals surface area contributed by atoms with E-state index in [0.29, 0.717) is 12.4 Å². The van der Waals surface area contributed by atoms with Crippen LogP contribution in [0.1, 0.15) is 22.8 Å². The van der Waals surface area contributed by atoms with Crippen LogP contribution in [-0.4, -0.2) is 30.0 Å². The van der Waals surface area contributed by atoms with E-state index in [0.717, 1.165) is 12.1 Å². The lowest BCUT2D eigenvalue weighted by molar-refractivity contribution is -0.384. The van der Waals surface area contributed by atoms with Crippen LogP contribution in [-0.2, 0) is 9.53 Å². The Morgan fingerprint density at radius 2 is 1.93 bits per heavy atom. The van der Waals surface area contributed by atoms with Crippen molar-refractivity contribution in [2.75, 3.05) is 18.5 Å². The van der Waals surface area contributed by atoms with Gasteiger partial charge in [0.1, 0.15) is 11.8 Å². The molecular weight excluding hydrogens is 354 g/mol. The summed E-state index contributed by atoms with van der Waals surface area (Å²) in [5, 5.41) is 22.1. The summed E-state index contributed by atoms with van der Waals surface area (Å²) in [5.74, 6) is -0.772. The molecule has 1 N–H and O–H groups in total. The number of esters is 1. The van der Waals surface area contributed by atoms with Gasteiger partial charge in [-0.05, 0) is 37.3 Å². The van der Waals surface area contributed by atoms with Gasteiger partial charge in [0.2, 0.25) is 0 Å². The van der Waals surface area contributed by atoms with Gasteiger partial charge in [0, 0.05) is 12.1 Å². The number of hydrogen-bond acceptors (Lipinski definition) is 7. The van der Waals surface area contributed by atoms with Crippen LogP contribution in [0.25, 0.3) is 0 Å². The molecule has 9 nitrogen and oxygen atoms in total.